The van der Waals surface area contributed by atoms with E-state index in [0.717, 1.165) is 0 Å². The summed E-state index contributed by atoms with van der Waals surface area (Å²) in [5, 5.41) is 6.96. The lowest BCUT2D eigenvalue weighted by Crippen LogP contribution is -2.27. The number of benzene rings is 1. The van der Waals surface area contributed by atoms with E-state index in [1.54, 1.807) is 6.92 Å². The number of nitrogens with two attached hydrogens (primary N) is 1. The quantitative estimate of drug-likeness (QED) is 0.471. The van der Waals surface area contributed by atoms with Crippen LogP contribution in [0.4, 0.5) is 10.1 Å². The van der Waals surface area contributed by atoms with Crippen molar-refractivity contribution in [2.24, 2.45) is 0 Å². The van der Waals surface area contributed by atoms with Crippen LogP contribution in [0.1, 0.15) is 11.1 Å². The third kappa shape index (κ3) is 2.04. The van der Waals surface area contributed by atoms with Crippen LogP contribution in [0.5, 0.6) is 0 Å². The van der Waals surface area contributed by atoms with Gasteiger partial charge in [-0.2, -0.15) is 0 Å². The zero-order valence-corrected chi connectivity index (χ0v) is 7.21. The van der Waals surface area contributed by atoms with Crippen molar-refractivity contribution in [3.05, 3.63) is 29.1 Å². The summed E-state index contributed by atoms with van der Waals surface area (Å²) in [7, 11) is 10.2. The largest absolute Gasteiger partial charge is 0.405 e. The average Bonchev–Trinajstić information content (AvgIpc) is 1.94. The first kappa shape index (κ1) is 10.1. The van der Waals surface area contributed by atoms with Crippen molar-refractivity contribution in [2.45, 2.75) is 12.3 Å². The van der Waals surface area contributed by atoms with E-state index in [1.165, 1.54) is 12.1 Å². The van der Waals surface area contributed by atoms with Crippen molar-refractivity contribution in [1.29, 1.82) is 0 Å². The normalized spacial score (nSPS) is 11.6. The number of aliphatic hydroxyl groups is 1. The van der Waals surface area contributed by atoms with Crippen molar-refractivity contribution in [1.82, 2.24) is 0 Å². The first-order valence-corrected chi connectivity index (χ1v) is 3.68. The molecule has 0 aliphatic rings. The van der Waals surface area contributed by atoms with Gasteiger partial charge in [0.05, 0.1) is 0 Å². The molecule has 5 heteroatoms. The third-order valence-corrected chi connectivity index (χ3v) is 1.79. The molecule has 0 heterocycles. The standard InChI is InChI=1S/C8H8B2FNO/c1-4-2-6(11)5(3-7(4)12)8(9,10)13/h2-3,13H,12H2,1H3. The van der Waals surface area contributed by atoms with Crippen molar-refractivity contribution >= 4 is 21.4 Å². The SMILES string of the molecule is [B]C([B])(O)c1cc(N)c(C)cc1F. The average molecular weight is 175 g/mol. The Labute approximate surface area is 78.8 Å². The van der Waals surface area contributed by atoms with Crippen LogP contribution in [0.2, 0.25) is 0 Å². The first-order chi connectivity index (χ1) is 5.82. The minimum atomic E-state index is -2.19. The van der Waals surface area contributed by atoms with E-state index in [4.69, 9.17) is 26.5 Å². The minimum Gasteiger partial charge on any atom is -0.405 e. The van der Waals surface area contributed by atoms with Crippen LogP contribution in [0.3, 0.4) is 0 Å². The smallest absolute Gasteiger partial charge is 0.128 e. The summed E-state index contributed by atoms with van der Waals surface area (Å²) < 4.78 is 13.2. The van der Waals surface area contributed by atoms with Crippen LogP contribution in [0.15, 0.2) is 12.1 Å². The van der Waals surface area contributed by atoms with Crippen LogP contribution >= 0.6 is 0 Å². The van der Waals surface area contributed by atoms with Gasteiger partial charge in [-0.25, -0.2) is 4.39 Å². The van der Waals surface area contributed by atoms with Gasteiger partial charge in [0.2, 0.25) is 0 Å². The Morgan fingerprint density at radius 2 is 2.00 bits per heavy atom. The molecular formula is C8H8B2FNO. The molecule has 0 bridgehead atoms. The maximum Gasteiger partial charge on any atom is 0.128 e. The van der Waals surface area contributed by atoms with Crippen molar-refractivity contribution in [2.75, 3.05) is 5.73 Å². The van der Waals surface area contributed by atoms with Crippen LogP contribution in [0, 0.1) is 12.7 Å². The highest BCUT2D eigenvalue weighted by Gasteiger charge is 2.20. The molecule has 1 aromatic carbocycles. The molecule has 1 aromatic rings. The van der Waals surface area contributed by atoms with Gasteiger partial charge in [0.15, 0.2) is 0 Å². The summed E-state index contributed by atoms with van der Waals surface area (Å²) in [6, 6.07) is 2.40. The fourth-order valence-electron chi connectivity index (χ4n) is 0.996. The Balaban J connectivity index is 3.32. The van der Waals surface area contributed by atoms with Gasteiger partial charge in [-0.3, -0.25) is 0 Å². The molecule has 64 valence electrons. The van der Waals surface area contributed by atoms with Gasteiger partial charge in [0.25, 0.3) is 0 Å². The third-order valence-electron chi connectivity index (χ3n) is 1.79. The second kappa shape index (κ2) is 3.07. The molecule has 4 radical (unpaired) electrons. The van der Waals surface area contributed by atoms with E-state index in [9.17, 15) is 4.39 Å². The molecule has 0 aliphatic heterocycles. The van der Waals surface area contributed by atoms with E-state index < -0.39 is 11.2 Å². The number of aryl methyl sites for hydroxylation is 1. The molecule has 0 amide bonds. The monoisotopic (exact) mass is 175 g/mol. The molecule has 1 rings (SSSR count). The summed E-state index contributed by atoms with van der Waals surface area (Å²) >= 11 is 0. The number of halogens is 1. The highest BCUT2D eigenvalue weighted by Crippen LogP contribution is 2.23. The molecule has 0 fully saturated rings. The van der Waals surface area contributed by atoms with Crippen LogP contribution in [0.25, 0.3) is 0 Å². The topological polar surface area (TPSA) is 46.2 Å². The highest BCUT2D eigenvalue weighted by atomic mass is 19.1. The van der Waals surface area contributed by atoms with Gasteiger partial charge in [0.1, 0.15) is 21.5 Å². The van der Waals surface area contributed by atoms with Gasteiger partial charge in [0, 0.05) is 16.7 Å². The zero-order chi connectivity index (χ0) is 10.2. The van der Waals surface area contributed by atoms with Gasteiger partial charge in [-0.15, -0.1) is 0 Å². The van der Waals surface area contributed by atoms with Crippen LogP contribution in [-0.4, -0.2) is 20.8 Å². The van der Waals surface area contributed by atoms with Gasteiger partial charge >= 0.3 is 0 Å². The predicted octanol–water partition coefficient (Wildman–Crippen LogP) is 0.156. The van der Waals surface area contributed by atoms with Gasteiger partial charge < -0.3 is 10.8 Å². The fraction of sp³-hybridized carbons (Fsp3) is 0.250. The molecule has 3 N–H and O–H groups in total. The molecule has 0 saturated carbocycles. The Kier molecular flexibility index (Phi) is 2.39. The Morgan fingerprint density at radius 1 is 1.46 bits per heavy atom. The maximum atomic E-state index is 13.2. The number of nitrogen functional groups attached to an aromatic ring is 1. The lowest BCUT2D eigenvalue weighted by atomic mass is 9.61. The van der Waals surface area contributed by atoms with Gasteiger partial charge in [-0.1, -0.05) is 0 Å². The maximum absolute atomic E-state index is 13.2. The van der Waals surface area contributed by atoms with E-state index in [0.29, 0.717) is 11.3 Å². The fourth-order valence-corrected chi connectivity index (χ4v) is 0.996. The zero-order valence-electron chi connectivity index (χ0n) is 7.21. The summed E-state index contributed by atoms with van der Waals surface area (Å²) in [6.07, 6.45) is 0. The van der Waals surface area contributed by atoms with Gasteiger partial charge in [-0.05, 0) is 24.6 Å². The Morgan fingerprint density at radius 3 is 2.46 bits per heavy atom. The van der Waals surface area contributed by atoms with Crippen LogP contribution < -0.4 is 5.73 Å². The molecule has 0 saturated heterocycles. The molecule has 13 heavy (non-hydrogen) atoms. The lowest BCUT2D eigenvalue weighted by molar-refractivity contribution is 0.211. The lowest BCUT2D eigenvalue weighted by Gasteiger charge is -2.20. The second-order valence-electron chi connectivity index (χ2n) is 3.01. The number of anilines is 1. The van der Waals surface area contributed by atoms with E-state index >= 15 is 0 Å². The molecule has 0 unspecified atom stereocenters. The summed E-state index contributed by atoms with van der Waals surface area (Å²) in [5.41, 5.74) is 6.20. The number of rotatable bonds is 1. The Hall–Kier alpha value is -0.960. The molecule has 0 spiro atoms. The summed E-state index contributed by atoms with van der Waals surface area (Å²) in [5.74, 6) is -0.667. The van der Waals surface area contributed by atoms with Crippen molar-refractivity contribution in [3.63, 3.8) is 0 Å². The number of hydrogen-bond acceptors (Lipinski definition) is 2. The molecule has 0 aliphatic carbocycles. The van der Waals surface area contributed by atoms with Crippen molar-refractivity contribution < 1.29 is 9.50 Å². The number of hydrogen-bond donors (Lipinski definition) is 2. The molecule has 0 aromatic heterocycles. The van der Waals surface area contributed by atoms with Crippen molar-refractivity contribution in [3.8, 4) is 0 Å². The second-order valence-corrected chi connectivity index (χ2v) is 3.01. The van der Waals surface area contributed by atoms with E-state index in [-0.39, 0.29) is 5.56 Å². The molecular weight excluding hydrogens is 167 g/mol. The van der Waals surface area contributed by atoms with E-state index in [2.05, 4.69) is 0 Å². The minimum absolute atomic E-state index is 0.212. The predicted molar refractivity (Wildman–Crippen MR) is 51.0 cm³/mol. The molecule has 0 atom stereocenters. The van der Waals surface area contributed by atoms with Crippen LogP contribution in [-0.2, 0) is 5.40 Å². The summed E-state index contributed by atoms with van der Waals surface area (Å²) in [6.45, 7) is 1.65. The summed E-state index contributed by atoms with van der Waals surface area (Å²) in [4.78, 5) is 0. The first-order valence-electron chi connectivity index (χ1n) is 3.68. The Bertz CT molecular complexity index is 336. The molecule has 2 nitrogen and oxygen atoms in total. The van der Waals surface area contributed by atoms with E-state index in [1.807, 2.05) is 0 Å². The highest BCUT2D eigenvalue weighted by molar-refractivity contribution is 6.38.